The van der Waals surface area contributed by atoms with Crippen molar-refractivity contribution in [1.82, 2.24) is 5.32 Å². The molecule has 0 heterocycles. The lowest BCUT2D eigenvalue weighted by atomic mass is 9.92. The fourth-order valence-electron chi connectivity index (χ4n) is 3.16. The van der Waals surface area contributed by atoms with E-state index in [1.807, 2.05) is 30.3 Å². The summed E-state index contributed by atoms with van der Waals surface area (Å²) in [6, 6.07) is 14.1. The predicted octanol–water partition coefficient (Wildman–Crippen LogP) is 2.80. The van der Waals surface area contributed by atoms with Gasteiger partial charge in [0.1, 0.15) is 0 Å². The van der Waals surface area contributed by atoms with Crippen molar-refractivity contribution < 1.29 is 9.90 Å². The van der Waals surface area contributed by atoms with E-state index >= 15 is 0 Å². The Bertz CT molecular complexity index is 633. The summed E-state index contributed by atoms with van der Waals surface area (Å²) in [6.07, 6.45) is 3.77. The molecule has 0 unspecified atom stereocenters. The Hall–Kier alpha value is -1.87. The van der Waals surface area contributed by atoms with Crippen LogP contribution in [0.1, 0.15) is 31.2 Å². The molecule has 1 amide bonds. The molecule has 3 rings (SSSR count). The monoisotopic (exact) mass is 283 g/mol. The molecule has 0 spiro atoms. The molecule has 2 aromatic carbocycles. The van der Waals surface area contributed by atoms with Gasteiger partial charge < -0.3 is 10.4 Å². The summed E-state index contributed by atoms with van der Waals surface area (Å²) in [6.45, 7) is 0. The molecule has 2 N–H and O–H groups in total. The third-order valence-corrected chi connectivity index (χ3v) is 4.31. The molecule has 1 fully saturated rings. The maximum Gasteiger partial charge on any atom is 0.224 e. The van der Waals surface area contributed by atoms with E-state index in [0.717, 1.165) is 42.0 Å². The van der Waals surface area contributed by atoms with E-state index in [0.29, 0.717) is 6.42 Å². The quantitative estimate of drug-likeness (QED) is 0.910. The average molecular weight is 283 g/mol. The Morgan fingerprint density at radius 3 is 2.71 bits per heavy atom. The third kappa shape index (κ3) is 3.24. The number of rotatable bonds is 3. The smallest absolute Gasteiger partial charge is 0.224 e. The fourth-order valence-corrected chi connectivity index (χ4v) is 3.16. The Morgan fingerprint density at radius 2 is 1.86 bits per heavy atom. The second kappa shape index (κ2) is 6.27. The minimum Gasteiger partial charge on any atom is -0.391 e. The Balaban J connectivity index is 1.71. The van der Waals surface area contributed by atoms with Gasteiger partial charge in [-0.1, -0.05) is 55.3 Å². The number of benzene rings is 2. The zero-order valence-electron chi connectivity index (χ0n) is 12.1. The molecule has 0 aliphatic heterocycles. The van der Waals surface area contributed by atoms with Crippen LogP contribution in [0.4, 0.5) is 0 Å². The van der Waals surface area contributed by atoms with Gasteiger partial charge in [0.05, 0.1) is 18.6 Å². The highest BCUT2D eigenvalue weighted by Gasteiger charge is 2.24. The number of amides is 1. The van der Waals surface area contributed by atoms with Crippen LogP contribution >= 0.6 is 0 Å². The topological polar surface area (TPSA) is 49.3 Å². The first-order chi connectivity index (χ1) is 10.2. The number of hydrogen-bond donors (Lipinski definition) is 2. The van der Waals surface area contributed by atoms with Gasteiger partial charge >= 0.3 is 0 Å². The van der Waals surface area contributed by atoms with Crippen LogP contribution in [0.5, 0.6) is 0 Å². The van der Waals surface area contributed by atoms with Crippen molar-refractivity contribution in [2.75, 3.05) is 0 Å². The minimum atomic E-state index is -0.393. The van der Waals surface area contributed by atoms with Crippen LogP contribution in [0.2, 0.25) is 0 Å². The predicted molar refractivity (Wildman–Crippen MR) is 84.1 cm³/mol. The third-order valence-electron chi connectivity index (χ3n) is 4.31. The molecule has 0 bridgehead atoms. The maximum absolute atomic E-state index is 12.2. The summed E-state index contributed by atoms with van der Waals surface area (Å²) in [7, 11) is 0. The van der Waals surface area contributed by atoms with Crippen molar-refractivity contribution in [1.29, 1.82) is 0 Å². The van der Waals surface area contributed by atoms with E-state index in [-0.39, 0.29) is 11.9 Å². The molecule has 3 nitrogen and oxygen atoms in total. The van der Waals surface area contributed by atoms with Gasteiger partial charge in [-0.2, -0.15) is 0 Å². The summed E-state index contributed by atoms with van der Waals surface area (Å²) >= 11 is 0. The molecule has 3 heteroatoms. The van der Waals surface area contributed by atoms with Gasteiger partial charge in [-0.15, -0.1) is 0 Å². The molecular formula is C18H21NO2. The Kier molecular flexibility index (Phi) is 4.20. The fraction of sp³-hybridized carbons (Fsp3) is 0.389. The number of aliphatic hydroxyl groups excluding tert-OH is 1. The van der Waals surface area contributed by atoms with Gasteiger partial charge in [0.2, 0.25) is 5.91 Å². The lowest BCUT2D eigenvalue weighted by Crippen LogP contribution is -2.45. The second-order valence-electron chi connectivity index (χ2n) is 5.84. The Labute approximate surface area is 125 Å². The number of hydrogen-bond acceptors (Lipinski definition) is 2. The minimum absolute atomic E-state index is 0.00250. The first-order valence-electron chi connectivity index (χ1n) is 7.68. The van der Waals surface area contributed by atoms with Crippen LogP contribution in [-0.2, 0) is 11.2 Å². The van der Waals surface area contributed by atoms with Gasteiger partial charge in [0.25, 0.3) is 0 Å². The highest BCUT2D eigenvalue weighted by Crippen LogP contribution is 2.20. The van der Waals surface area contributed by atoms with Crippen molar-refractivity contribution in [2.24, 2.45) is 0 Å². The number of aliphatic hydroxyl groups is 1. The van der Waals surface area contributed by atoms with E-state index in [1.165, 1.54) is 0 Å². The Morgan fingerprint density at radius 1 is 1.10 bits per heavy atom. The van der Waals surface area contributed by atoms with Crippen molar-refractivity contribution >= 4 is 16.7 Å². The van der Waals surface area contributed by atoms with E-state index in [9.17, 15) is 9.90 Å². The number of nitrogens with one attached hydrogen (secondary N) is 1. The van der Waals surface area contributed by atoms with Crippen LogP contribution in [0.15, 0.2) is 42.5 Å². The first kappa shape index (κ1) is 14.1. The maximum atomic E-state index is 12.2. The first-order valence-corrected chi connectivity index (χ1v) is 7.68. The van der Waals surface area contributed by atoms with E-state index in [2.05, 4.69) is 17.4 Å². The van der Waals surface area contributed by atoms with E-state index < -0.39 is 6.10 Å². The summed E-state index contributed by atoms with van der Waals surface area (Å²) < 4.78 is 0. The van der Waals surface area contributed by atoms with E-state index in [1.54, 1.807) is 0 Å². The van der Waals surface area contributed by atoms with Gasteiger partial charge in [0, 0.05) is 0 Å². The lowest BCUT2D eigenvalue weighted by molar-refractivity contribution is -0.122. The zero-order valence-corrected chi connectivity index (χ0v) is 12.1. The van der Waals surface area contributed by atoms with Crippen LogP contribution in [-0.4, -0.2) is 23.2 Å². The molecule has 1 aliphatic carbocycles. The zero-order chi connectivity index (χ0) is 14.7. The summed E-state index contributed by atoms with van der Waals surface area (Å²) in [4.78, 5) is 12.2. The molecule has 21 heavy (non-hydrogen) atoms. The van der Waals surface area contributed by atoms with Gasteiger partial charge in [-0.3, -0.25) is 4.79 Å². The summed E-state index contributed by atoms with van der Waals surface area (Å²) in [5, 5.41) is 15.2. The van der Waals surface area contributed by atoms with Crippen molar-refractivity contribution in [3.63, 3.8) is 0 Å². The molecule has 2 atom stereocenters. The summed E-state index contributed by atoms with van der Waals surface area (Å²) in [5.74, 6) is -0.00250. The van der Waals surface area contributed by atoms with Gasteiger partial charge in [-0.05, 0) is 29.2 Å². The standard InChI is InChI=1S/C18H21NO2/c20-17-11-4-3-10-16(17)19-18(21)12-14-8-5-7-13-6-1-2-9-15(13)14/h1-2,5-9,16-17,20H,3-4,10-12H2,(H,19,21)/t16-,17-/m0/s1. The van der Waals surface area contributed by atoms with Gasteiger partial charge in [-0.25, -0.2) is 0 Å². The highest BCUT2D eigenvalue weighted by atomic mass is 16.3. The highest BCUT2D eigenvalue weighted by molar-refractivity contribution is 5.90. The number of carbonyl (C=O) groups is 1. The number of carbonyl (C=O) groups excluding carboxylic acids is 1. The molecule has 110 valence electrons. The molecule has 0 saturated heterocycles. The molecule has 0 radical (unpaired) electrons. The van der Waals surface area contributed by atoms with Crippen molar-refractivity contribution in [3.8, 4) is 0 Å². The van der Waals surface area contributed by atoms with Crippen LogP contribution in [0.25, 0.3) is 10.8 Å². The average Bonchev–Trinajstić information content (AvgIpc) is 2.50. The van der Waals surface area contributed by atoms with Gasteiger partial charge in [0.15, 0.2) is 0 Å². The van der Waals surface area contributed by atoms with Crippen LogP contribution < -0.4 is 5.32 Å². The molecule has 1 aliphatic rings. The molecular weight excluding hydrogens is 262 g/mol. The van der Waals surface area contributed by atoms with Crippen molar-refractivity contribution in [3.05, 3.63) is 48.0 Å². The largest absolute Gasteiger partial charge is 0.391 e. The molecule has 1 saturated carbocycles. The molecule has 0 aromatic heterocycles. The number of fused-ring (bicyclic) bond motifs is 1. The molecule has 2 aromatic rings. The normalized spacial score (nSPS) is 22.1. The van der Waals surface area contributed by atoms with E-state index in [4.69, 9.17) is 0 Å². The van der Waals surface area contributed by atoms with Crippen molar-refractivity contribution in [2.45, 2.75) is 44.2 Å². The lowest BCUT2D eigenvalue weighted by Gasteiger charge is -2.28. The van der Waals surface area contributed by atoms with Crippen LogP contribution in [0.3, 0.4) is 0 Å². The SMILES string of the molecule is O=C(Cc1cccc2ccccc12)N[C@H]1CCCC[C@@H]1O. The second-order valence-corrected chi connectivity index (χ2v) is 5.84. The summed E-state index contributed by atoms with van der Waals surface area (Å²) in [5.41, 5.74) is 1.04. The van der Waals surface area contributed by atoms with Crippen LogP contribution in [0, 0.1) is 0 Å².